The van der Waals surface area contributed by atoms with Crippen molar-refractivity contribution in [2.75, 3.05) is 0 Å². The zero-order chi connectivity index (χ0) is 14.5. The maximum absolute atomic E-state index is 10.9. The lowest BCUT2D eigenvalue weighted by molar-refractivity contribution is 0.0695. The predicted octanol–water partition coefficient (Wildman–Crippen LogP) is 2.07. The number of aryl methyl sites for hydroxylation is 1. The molecule has 0 spiro atoms. The highest BCUT2D eigenvalue weighted by molar-refractivity contribution is 5.88. The normalized spacial score (nSPS) is 10.7. The molecule has 2 aromatic rings. The molecular formula is C15H17NO4. The van der Waals surface area contributed by atoms with Gasteiger partial charge in [0, 0.05) is 6.54 Å². The Bertz CT molecular complexity index is 586. The Balaban J connectivity index is 1.89. The second kappa shape index (κ2) is 6.36. The summed E-state index contributed by atoms with van der Waals surface area (Å²) in [7, 11) is 0. The number of hydrogen-bond acceptors (Lipinski definition) is 4. The van der Waals surface area contributed by atoms with Crippen LogP contribution in [0.4, 0.5) is 0 Å². The van der Waals surface area contributed by atoms with E-state index in [4.69, 9.17) is 14.6 Å². The summed E-state index contributed by atoms with van der Waals surface area (Å²) < 4.78 is 5.37. The summed E-state index contributed by atoms with van der Waals surface area (Å²) in [6.07, 6.45) is 0. The zero-order valence-electron chi connectivity index (χ0n) is 11.2. The van der Waals surface area contributed by atoms with Crippen LogP contribution in [-0.2, 0) is 19.7 Å². The van der Waals surface area contributed by atoms with Gasteiger partial charge in [0.25, 0.3) is 0 Å². The molecule has 2 rings (SSSR count). The van der Waals surface area contributed by atoms with E-state index in [0.717, 1.165) is 11.1 Å². The third kappa shape index (κ3) is 3.46. The summed E-state index contributed by atoms with van der Waals surface area (Å²) in [5, 5.41) is 21.1. The molecule has 5 heteroatoms. The number of nitrogens with one attached hydrogen (secondary N) is 1. The lowest BCUT2D eigenvalue weighted by Gasteiger charge is -2.04. The van der Waals surface area contributed by atoms with Gasteiger partial charge in [-0.2, -0.15) is 0 Å². The fraction of sp³-hybridized carbons (Fsp3) is 0.267. The van der Waals surface area contributed by atoms with Gasteiger partial charge in [0.05, 0.1) is 13.2 Å². The molecule has 5 nitrogen and oxygen atoms in total. The molecular weight excluding hydrogens is 258 g/mol. The van der Waals surface area contributed by atoms with Crippen LogP contribution in [0.1, 0.15) is 33.0 Å². The Morgan fingerprint density at radius 3 is 2.40 bits per heavy atom. The first-order chi connectivity index (χ1) is 9.60. The van der Waals surface area contributed by atoms with Crippen LogP contribution in [0.25, 0.3) is 0 Å². The lowest BCUT2D eigenvalue weighted by Crippen LogP contribution is -2.12. The summed E-state index contributed by atoms with van der Waals surface area (Å²) in [6, 6.07) is 9.16. The topological polar surface area (TPSA) is 82.7 Å². The fourth-order valence-corrected chi connectivity index (χ4v) is 1.94. The van der Waals surface area contributed by atoms with E-state index in [1.165, 1.54) is 0 Å². The maximum atomic E-state index is 10.9. The molecule has 0 radical (unpaired) electrons. The monoisotopic (exact) mass is 275 g/mol. The van der Waals surface area contributed by atoms with Gasteiger partial charge >= 0.3 is 5.97 Å². The third-order valence-electron chi connectivity index (χ3n) is 3.03. The van der Waals surface area contributed by atoms with Gasteiger partial charge in [-0.1, -0.05) is 24.3 Å². The number of carboxylic acids is 1. The number of carboxylic acid groups (broad SMARTS) is 1. The molecule has 0 aliphatic rings. The molecule has 0 aliphatic carbocycles. The van der Waals surface area contributed by atoms with Gasteiger partial charge in [-0.15, -0.1) is 0 Å². The fourth-order valence-electron chi connectivity index (χ4n) is 1.94. The number of benzene rings is 1. The average molecular weight is 275 g/mol. The van der Waals surface area contributed by atoms with Crippen LogP contribution < -0.4 is 5.32 Å². The highest BCUT2D eigenvalue weighted by Gasteiger charge is 2.13. The first-order valence-electron chi connectivity index (χ1n) is 6.32. The van der Waals surface area contributed by atoms with Crippen LogP contribution in [0, 0.1) is 6.92 Å². The van der Waals surface area contributed by atoms with Gasteiger partial charge < -0.3 is 19.9 Å². The second-order valence-electron chi connectivity index (χ2n) is 4.57. The Morgan fingerprint density at radius 2 is 1.85 bits per heavy atom. The molecule has 0 fully saturated rings. The SMILES string of the molecule is Cc1oc(CNCc2ccc(CO)cc2)cc1C(=O)O. The molecule has 106 valence electrons. The summed E-state index contributed by atoms with van der Waals surface area (Å²) in [5.74, 6) is 0.0468. The number of carbonyl (C=O) groups is 1. The first-order valence-corrected chi connectivity index (χ1v) is 6.32. The molecule has 1 aromatic heterocycles. The van der Waals surface area contributed by atoms with Crippen molar-refractivity contribution in [3.8, 4) is 0 Å². The van der Waals surface area contributed by atoms with E-state index in [9.17, 15) is 4.79 Å². The van der Waals surface area contributed by atoms with Crippen LogP contribution in [0.2, 0.25) is 0 Å². The van der Waals surface area contributed by atoms with E-state index in [0.29, 0.717) is 24.6 Å². The largest absolute Gasteiger partial charge is 0.478 e. The van der Waals surface area contributed by atoms with Crippen LogP contribution in [0.3, 0.4) is 0 Å². The minimum absolute atomic E-state index is 0.0390. The van der Waals surface area contributed by atoms with Crippen LogP contribution in [0.15, 0.2) is 34.7 Å². The number of furan rings is 1. The predicted molar refractivity (Wildman–Crippen MR) is 73.3 cm³/mol. The quantitative estimate of drug-likeness (QED) is 0.751. The van der Waals surface area contributed by atoms with Crippen molar-refractivity contribution in [2.45, 2.75) is 26.6 Å². The van der Waals surface area contributed by atoms with Crippen molar-refractivity contribution >= 4 is 5.97 Å². The van der Waals surface area contributed by atoms with Gasteiger partial charge in [0.2, 0.25) is 0 Å². The summed E-state index contributed by atoms with van der Waals surface area (Å²) >= 11 is 0. The third-order valence-corrected chi connectivity index (χ3v) is 3.03. The van der Waals surface area contributed by atoms with Gasteiger partial charge in [0.15, 0.2) is 0 Å². The van der Waals surface area contributed by atoms with Gasteiger partial charge in [-0.05, 0) is 24.1 Å². The standard InChI is InChI=1S/C15H17NO4/c1-10-14(15(18)19)6-13(20-10)8-16-7-11-2-4-12(9-17)5-3-11/h2-6,16-17H,7-9H2,1H3,(H,18,19). The number of rotatable bonds is 6. The minimum Gasteiger partial charge on any atom is -0.478 e. The zero-order valence-corrected chi connectivity index (χ0v) is 11.2. The summed E-state index contributed by atoms with van der Waals surface area (Å²) in [4.78, 5) is 10.9. The van der Waals surface area contributed by atoms with E-state index in [1.54, 1.807) is 13.0 Å². The Morgan fingerprint density at radius 1 is 1.20 bits per heavy atom. The molecule has 0 unspecified atom stereocenters. The van der Waals surface area contributed by atoms with E-state index in [2.05, 4.69) is 5.32 Å². The van der Waals surface area contributed by atoms with Gasteiger partial charge in [-0.3, -0.25) is 0 Å². The van der Waals surface area contributed by atoms with Crippen molar-refractivity contribution in [3.05, 3.63) is 58.5 Å². The summed E-state index contributed by atoms with van der Waals surface area (Å²) in [5.41, 5.74) is 2.17. The van der Waals surface area contributed by atoms with Crippen molar-refractivity contribution in [1.82, 2.24) is 5.32 Å². The first kappa shape index (κ1) is 14.3. The average Bonchev–Trinajstić information content (AvgIpc) is 2.81. The van der Waals surface area contributed by atoms with Crippen molar-refractivity contribution in [1.29, 1.82) is 0 Å². The number of aromatic carboxylic acids is 1. The lowest BCUT2D eigenvalue weighted by atomic mass is 10.1. The molecule has 0 saturated heterocycles. The summed E-state index contributed by atoms with van der Waals surface area (Å²) in [6.45, 7) is 2.79. The highest BCUT2D eigenvalue weighted by atomic mass is 16.4. The maximum Gasteiger partial charge on any atom is 0.339 e. The van der Waals surface area contributed by atoms with Crippen molar-refractivity contribution in [2.24, 2.45) is 0 Å². The van der Waals surface area contributed by atoms with E-state index < -0.39 is 5.97 Å². The molecule has 0 amide bonds. The molecule has 1 heterocycles. The Kier molecular flexibility index (Phi) is 4.55. The van der Waals surface area contributed by atoms with E-state index >= 15 is 0 Å². The number of hydrogen-bond donors (Lipinski definition) is 3. The number of aliphatic hydroxyl groups excluding tert-OH is 1. The Labute approximate surface area is 116 Å². The van der Waals surface area contributed by atoms with Crippen LogP contribution in [0.5, 0.6) is 0 Å². The molecule has 0 aliphatic heterocycles. The molecule has 20 heavy (non-hydrogen) atoms. The van der Waals surface area contributed by atoms with Gasteiger partial charge in [-0.25, -0.2) is 4.79 Å². The second-order valence-corrected chi connectivity index (χ2v) is 4.57. The molecule has 1 aromatic carbocycles. The van der Waals surface area contributed by atoms with E-state index in [1.807, 2.05) is 24.3 Å². The van der Waals surface area contributed by atoms with Crippen molar-refractivity contribution in [3.63, 3.8) is 0 Å². The molecule has 0 bridgehead atoms. The van der Waals surface area contributed by atoms with Crippen LogP contribution in [-0.4, -0.2) is 16.2 Å². The van der Waals surface area contributed by atoms with Crippen molar-refractivity contribution < 1.29 is 19.4 Å². The van der Waals surface area contributed by atoms with Crippen LogP contribution >= 0.6 is 0 Å². The minimum atomic E-state index is -0.975. The van der Waals surface area contributed by atoms with E-state index in [-0.39, 0.29) is 12.2 Å². The Hall–Kier alpha value is -2.11. The van der Waals surface area contributed by atoms with Gasteiger partial charge in [0.1, 0.15) is 17.1 Å². The molecule has 0 atom stereocenters. The smallest absolute Gasteiger partial charge is 0.339 e. The number of aliphatic hydroxyl groups is 1. The highest BCUT2D eigenvalue weighted by Crippen LogP contribution is 2.14. The molecule has 0 saturated carbocycles. The molecule has 3 N–H and O–H groups in total.